The van der Waals surface area contributed by atoms with Crippen molar-refractivity contribution in [2.45, 2.75) is 0 Å². The molecule has 5 nitrogen and oxygen atoms in total. The van der Waals surface area contributed by atoms with Crippen LogP contribution < -0.4 is 4.74 Å². The molecule has 19 heavy (non-hydrogen) atoms. The quantitative estimate of drug-likeness (QED) is 0.624. The minimum atomic E-state index is -0.743. The molecule has 0 radical (unpaired) electrons. The number of para-hydroxylation sites is 1. The van der Waals surface area contributed by atoms with Gasteiger partial charge in [-0.05, 0) is 24.3 Å². The SMILES string of the molecule is N#Cc1ccccc1Oc1ccc(F)cc1[N+](=O)[O-]. The van der Waals surface area contributed by atoms with Crippen LogP contribution in [0.2, 0.25) is 0 Å². The Kier molecular flexibility index (Phi) is 3.39. The lowest BCUT2D eigenvalue weighted by Gasteiger charge is -2.07. The zero-order valence-electron chi connectivity index (χ0n) is 9.54. The predicted octanol–water partition coefficient (Wildman–Crippen LogP) is 3.40. The van der Waals surface area contributed by atoms with Crippen molar-refractivity contribution in [3.63, 3.8) is 0 Å². The lowest BCUT2D eigenvalue weighted by atomic mass is 10.2. The summed E-state index contributed by atoms with van der Waals surface area (Å²) in [7, 11) is 0. The van der Waals surface area contributed by atoms with Gasteiger partial charge in [-0.15, -0.1) is 0 Å². The molecule has 0 unspecified atom stereocenters. The molecule has 94 valence electrons. The summed E-state index contributed by atoms with van der Waals surface area (Å²) in [5.41, 5.74) is -0.256. The molecule has 0 aromatic heterocycles. The molecule has 2 rings (SSSR count). The lowest BCUT2D eigenvalue weighted by molar-refractivity contribution is -0.385. The van der Waals surface area contributed by atoms with E-state index < -0.39 is 16.4 Å². The van der Waals surface area contributed by atoms with E-state index in [0.29, 0.717) is 0 Å². The Labute approximate surface area is 107 Å². The Morgan fingerprint density at radius 3 is 2.63 bits per heavy atom. The summed E-state index contributed by atoms with van der Waals surface area (Å²) < 4.78 is 18.3. The highest BCUT2D eigenvalue weighted by molar-refractivity contribution is 5.51. The zero-order chi connectivity index (χ0) is 13.8. The standard InChI is InChI=1S/C13H7FN2O3/c14-10-5-6-13(11(7-10)16(17)18)19-12-4-2-1-3-9(12)8-15/h1-7H. The van der Waals surface area contributed by atoms with Gasteiger partial charge in [-0.25, -0.2) is 4.39 Å². The lowest BCUT2D eigenvalue weighted by Crippen LogP contribution is -1.95. The first-order valence-corrected chi connectivity index (χ1v) is 5.22. The summed E-state index contributed by atoms with van der Waals surface area (Å²) in [6, 6.07) is 11.2. The third-order valence-electron chi connectivity index (χ3n) is 2.35. The number of nitro benzene ring substituents is 1. The molecule has 6 heteroatoms. The van der Waals surface area contributed by atoms with Crippen molar-refractivity contribution in [3.8, 4) is 17.6 Å². The van der Waals surface area contributed by atoms with E-state index in [1.165, 1.54) is 12.1 Å². The highest BCUT2D eigenvalue weighted by Gasteiger charge is 2.17. The molecule has 0 aliphatic rings. The average Bonchev–Trinajstić information content (AvgIpc) is 2.41. The number of benzene rings is 2. The number of halogens is 1. The number of nitriles is 1. The maximum absolute atomic E-state index is 13.0. The highest BCUT2D eigenvalue weighted by atomic mass is 19.1. The Hall–Kier alpha value is -2.94. The third kappa shape index (κ3) is 2.66. The molecule has 0 saturated heterocycles. The first-order chi connectivity index (χ1) is 9.11. The van der Waals surface area contributed by atoms with Crippen molar-refractivity contribution in [3.05, 3.63) is 64.0 Å². The number of nitrogens with zero attached hydrogens (tertiary/aromatic N) is 2. The fourth-order valence-corrected chi connectivity index (χ4v) is 1.49. The number of hydrogen-bond acceptors (Lipinski definition) is 4. The van der Waals surface area contributed by atoms with Crippen LogP contribution in [0.15, 0.2) is 42.5 Å². The van der Waals surface area contributed by atoms with Crippen molar-refractivity contribution in [2.75, 3.05) is 0 Å². The molecular formula is C13H7FN2O3. The summed E-state index contributed by atoms with van der Waals surface area (Å²) in [6.45, 7) is 0. The second kappa shape index (κ2) is 5.14. The Balaban J connectivity index is 2.44. The van der Waals surface area contributed by atoms with E-state index in [4.69, 9.17) is 10.00 Å². The maximum atomic E-state index is 13.0. The smallest absolute Gasteiger partial charge is 0.314 e. The van der Waals surface area contributed by atoms with E-state index in [0.717, 1.165) is 18.2 Å². The Bertz CT molecular complexity index is 680. The van der Waals surface area contributed by atoms with Gasteiger partial charge in [-0.3, -0.25) is 10.1 Å². The molecule has 0 heterocycles. The fourth-order valence-electron chi connectivity index (χ4n) is 1.49. The molecule has 0 spiro atoms. The number of nitro groups is 1. The van der Waals surface area contributed by atoms with Crippen molar-refractivity contribution in [1.82, 2.24) is 0 Å². The molecule has 0 N–H and O–H groups in total. The van der Waals surface area contributed by atoms with Crippen LogP contribution in [0.4, 0.5) is 10.1 Å². The van der Waals surface area contributed by atoms with E-state index in [9.17, 15) is 14.5 Å². The summed E-state index contributed by atoms with van der Waals surface area (Å²) in [4.78, 5) is 10.1. The van der Waals surface area contributed by atoms with Gasteiger partial charge >= 0.3 is 5.69 Å². The van der Waals surface area contributed by atoms with Crippen LogP contribution >= 0.6 is 0 Å². The van der Waals surface area contributed by atoms with E-state index in [1.54, 1.807) is 12.1 Å². The number of rotatable bonds is 3. The molecule has 2 aromatic rings. The third-order valence-corrected chi connectivity index (χ3v) is 2.35. The second-order valence-corrected chi connectivity index (χ2v) is 3.58. The number of ether oxygens (including phenoxy) is 1. The molecule has 0 bridgehead atoms. The van der Waals surface area contributed by atoms with E-state index in [1.807, 2.05) is 6.07 Å². The highest BCUT2D eigenvalue weighted by Crippen LogP contribution is 2.33. The average molecular weight is 258 g/mol. The molecule has 0 aliphatic heterocycles. The van der Waals surface area contributed by atoms with E-state index in [2.05, 4.69) is 0 Å². The summed E-state index contributed by atoms with van der Waals surface area (Å²) in [6.07, 6.45) is 0. The van der Waals surface area contributed by atoms with Gasteiger partial charge in [0.1, 0.15) is 17.6 Å². The van der Waals surface area contributed by atoms with Gasteiger partial charge in [0.25, 0.3) is 0 Å². The number of hydrogen-bond donors (Lipinski definition) is 0. The van der Waals surface area contributed by atoms with E-state index >= 15 is 0 Å². The van der Waals surface area contributed by atoms with Crippen molar-refractivity contribution in [2.24, 2.45) is 0 Å². The molecule has 0 amide bonds. The minimum absolute atomic E-state index is 0.117. The van der Waals surface area contributed by atoms with Crippen molar-refractivity contribution < 1.29 is 14.1 Å². The second-order valence-electron chi connectivity index (χ2n) is 3.58. The summed E-state index contributed by atoms with van der Waals surface area (Å²) in [5.74, 6) is -0.665. The van der Waals surface area contributed by atoms with Crippen LogP contribution in [0.1, 0.15) is 5.56 Å². The van der Waals surface area contributed by atoms with Crippen LogP contribution in [0.3, 0.4) is 0 Å². The first-order valence-electron chi connectivity index (χ1n) is 5.22. The Morgan fingerprint density at radius 2 is 1.95 bits per heavy atom. The Morgan fingerprint density at radius 1 is 1.21 bits per heavy atom. The predicted molar refractivity (Wildman–Crippen MR) is 64.3 cm³/mol. The monoisotopic (exact) mass is 258 g/mol. The van der Waals surface area contributed by atoms with Gasteiger partial charge in [0, 0.05) is 0 Å². The fraction of sp³-hybridized carbons (Fsp3) is 0. The first kappa shape index (κ1) is 12.5. The van der Waals surface area contributed by atoms with Crippen LogP contribution in [-0.2, 0) is 0 Å². The molecule has 0 fully saturated rings. The summed E-state index contributed by atoms with van der Waals surface area (Å²) >= 11 is 0. The molecule has 2 aromatic carbocycles. The van der Waals surface area contributed by atoms with Gasteiger partial charge in [-0.1, -0.05) is 12.1 Å². The van der Waals surface area contributed by atoms with Crippen LogP contribution in [0.5, 0.6) is 11.5 Å². The maximum Gasteiger partial charge on any atom is 0.314 e. The van der Waals surface area contributed by atoms with Crippen LogP contribution in [-0.4, -0.2) is 4.92 Å². The largest absolute Gasteiger partial charge is 0.449 e. The molecule has 0 aliphatic carbocycles. The van der Waals surface area contributed by atoms with Gasteiger partial charge in [-0.2, -0.15) is 5.26 Å². The molecular weight excluding hydrogens is 251 g/mol. The van der Waals surface area contributed by atoms with Gasteiger partial charge in [0.2, 0.25) is 5.75 Å². The topological polar surface area (TPSA) is 76.2 Å². The van der Waals surface area contributed by atoms with Crippen LogP contribution in [0.25, 0.3) is 0 Å². The van der Waals surface area contributed by atoms with Crippen molar-refractivity contribution in [1.29, 1.82) is 5.26 Å². The van der Waals surface area contributed by atoms with Crippen LogP contribution in [0, 0.1) is 27.3 Å². The molecule has 0 saturated carbocycles. The van der Waals surface area contributed by atoms with Gasteiger partial charge in [0.15, 0.2) is 0 Å². The summed E-state index contributed by atoms with van der Waals surface area (Å²) in [5, 5.41) is 19.7. The van der Waals surface area contributed by atoms with E-state index in [-0.39, 0.29) is 17.1 Å². The van der Waals surface area contributed by atoms with Gasteiger partial charge in [0.05, 0.1) is 16.6 Å². The normalized spacial score (nSPS) is 9.68. The van der Waals surface area contributed by atoms with Gasteiger partial charge < -0.3 is 4.74 Å². The minimum Gasteiger partial charge on any atom is -0.449 e. The zero-order valence-corrected chi connectivity index (χ0v) is 9.54. The van der Waals surface area contributed by atoms with Crippen molar-refractivity contribution >= 4 is 5.69 Å². The molecule has 0 atom stereocenters.